The number of nitro groups is 1. The van der Waals surface area contributed by atoms with Crippen LogP contribution in [0, 0.1) is 21.7 Å². The summed E-state index contributed by atoms with van der Waals surface area (Å²) in [5.41, 5.74) is 0.545. The maximum absolute atomic E-state index is 13.3. The van der Waals surface area contributed by atoms with E-state index < -0.39 is 22.3 Å². The highest BCUT2D eigenvalue weighted by Gasteiger charge is 2.19. The second-order valence-corrected chi connectivity index (χ2v) is 6.51. The fraction of sp³-hybridized carbons (Fsp3) is 0.250. The van der Waals surface area contributed by atoms with Gasteiger partial charge in [-0.15, -0.1) is 0 Å². The summed E-state index contributed by atoms with van der Waals surface area (Å²) in [4.78, 5) is 26.8. The standard InChI is InChI=1S/C20H19F2N3O3/c21-17-6-5-15(13-18(17)22)14-24-11-9-23(10-12-24)8-7-20(26)16-3-1-2-4-19(16)25(27)28/h1-8,13H,9-12,14H2. The Hall–Kier alpha value is -3.13. The molecular weight excluding hydrogens is 368 g/mol. The van der Waals surface area contributed by atoms with Crippen LogP contribution >= 0.6 is 0 Å². The number of nitro benzene ring substituents is 1. The van der Waals surface area contributed by atoms with Crippen molar-refractivity contribution in [3.8, 4) is 0 Å². The fourth-order valence-electron chi connectivity index (χ4n) is 3.07. The van der Waals surface area contributed by atoms with E-state index >= 15 is 0 Å². The smallest absolute Gasteiger partial charge is 0.280 e. The Bertz CT molecular complexity index is 909. The second kappa shape index (κ2) is 8.71. The van der Waals surface area contributed by atoms with E-state index in [-0.39, 0.29) is 11.3 Å². The first-order valence-corrected chi connectivity index (χ1v) is 8.80. The van der Waals surface area contributed by atoms with Crippen LogP contribution in [0.5, 0.6) is 0 Å². The molecule has 0 aliphatic carbocycles. The lowest BCUT2D eigenvalue weighted by Crippen LogP contribution is -2.43. The van der Waals surface area contributed by atoms with E-state index in [1.165, 1.54) is 30.3 Å². The van der Waals surface area contributed by atoms with Crippen molar-refractivity contribution in [2.45, 2.75) is 6.54 Å². The molecule has 0 bridgehead atoms. The van der Waals surface area contributed by atoms with Gasteiger partial charge < -0.3 is 4.90 Å². The molecule has 6 nitrogen and oxygen atoms in total. The van der Waals surface area contributed by atoms with Gasteiger partial charge in [0, 0.05) is 51.1 Å². The summed E-state index contributed by atoms with van der Waals surface area (Å²) in [6.07, 6.45) is 2.99. The monoisotopic (exact) mass is 387 g/mol. The minimum absolute atomic E-state index is 0.0562. The first kappa shape index (κ1) is 19.6. The van der Waals surface area contributed by atoms with Crippen molar-refractivity contribution >= 4 is 11.5 Å². The van der Waals surface area contributed by atoms with Crippen molar-refractivity contribution in [1.82, 2.24) is 9.80 Å². The zero-order valence-corrected chi connectivity index (χ0v) is 15.1. The van der Waals surface area contributed by atoms with E-state index in [4.69, 9.17) is 0 Å². The average Bonchev–Trinajstić information content (AvgIpc) is 2.70. The number of allylic oxidation sites excluding steroid dienone is 1. The van der Waals surface area contributed by atoms with Gasteiger partial charge in [-0.3, -0.25) is 19.8 Å². The van der Waals surface area contributed by atoms with Gasteiger partial charge in [-0.05, 0) is 23.8 Å². The van der Waals surface area contributed by atoms with E-state index in [0.29, 0.717) is 38.3 Å². The maximum Gasteiger partial charge on any atom is 0.280 e. The molecule has 0 atom stereocenters. The first-order chi connectivity index (χ1) is 13.4. The van der Waals surface area contributed by atoms with Crippen molar-refractivity contribution in [1.29, 1.82) is 0 Å². The molecule has 1 saturated heterocycles. The van der Waals surface area contributed by atoms with Gasteiger partial charge in [-0.25, -0.2) is 8.78 Å². The molecule has 2 aromatic rings. The number of ketones is 1. The summed E-state index contributed by atoms with van der Waals surface area (Å²) >= 11 is 0. The van der Waals surface area contributed by atoms with Crippen LogP contribution in [0.2, 0.25) is 0 Å². The first-order valence-electron chi connectivity index (χ1n) is 8.80. The summed E-state index contributed by atoms with van der Waals surface area (Å²) < 4.78 is 26.3. The number of carbonyl (C=O) groups is 1. The zero-order valence-electron chi connectivity index (χ0n) is 15.1. The van der Waals surface area contributed by atoms with Crippen LogP contribution in [0.1, 0.15) is 15.9 Å². The number of halogens is 2. The van der Waals surface area contributed by atoms with Gasteiger partial charge in [0.1, 0.15) is 0 Å². The van der Waals surface area contributed by atoms with Gasteiger partial charge >= 0.3 is 0 Å². The third kappa shape index (κ3) is 4.77. The predicted octanol–water partition coefficient (Wildman–Crippen LogP) is 3.39. The number of rotatable bonds is 6. The van der Waals surface area contributed by atoms with Gasteiger partial charge in [0.25, 0.3) is 5.69 Å². The minimum atomic E-state index is -0.859. The Morgan fingerprint density at radius 1 is 1.07 bits per heavy atom. The van der Waals surface area contributed by atoms with Crippen LogP contribution in [0.15, 0.2) is 54.7 Å². The summed E-state index contributed by atoms with van der Waals surface area (Å²) in [6.45, 7) is 3.23. The van der Waals surface area contributed by atoms with Crippen LogP contribution in [0.3, 0.4) is 0 Å². The molecular formula is C20H19F2N3O3. The largest absolute Gasteiger partial charge is 0.375 e. The fourth-order valence-corrected chi connectivity index (χ4v) is 3.07. The molecule has 0 N–H and O–H groups in total. The van der Waals surface area contributed by atoms with Crippen LogP contribution < -0.4 is 0 Å². The number of hydrogen-bond donors (Lipinski definition) is 0. The van der Waals surface area contributed by atoms with Crippen molar-refractivity contribution in [3.63, 3.8) is 0 Å². The predicted molar refractivity (Wildman–Crippen MR) is 99.8 cm³/mol. The molecule has 1 aliphatic rings. The van der Waals surface area contributed by atoms with Gasteiger partial charge in [0.05, 0.1) is 10.5 Å². The molecule has 0 radical (unpaired) electrons. The third-order valence-corrected chi connectivity index (χ3v) is 4.60. The molecule has 28 heavy (non-hydrogen) atoms. The molecule has 0 spiro atoms. The van der Waals surface area contributed by atoms with Gasteiger partial charge in [-0.2, -0.15) is 0 Å². The number of para-hydroxylation sites is 1. The van der Waals surface area contributed by atoms with Crippen LogP contribution in [0.4, 0.5) is 14.5 Å². The number of piperazine rings is 1. The normalized spacial score (nSPS) is 15.1. The average molecular weight is 387 g/mol. The minimum Gasteiger partial charge on any atom is -0.375 e. The Morgan fingerprint density at radius 3 is 2.46 bits per heavy atom. The Kier molecular flexibility index (Phi) is 6.10. The highest BCUT2D eigenvalue weighted by atomic mass is 19.2. The second-order valence-electron chi connectivity index (χ2n) is 6.51. The topological polar surface area (TPSA) is 66.7 Å². The summed E-state index contributed by atoms with van der Waals surface area (Å²) in [6, 6.07) is 9.74. The Balaban J connectivity index is 1.54. The SMILES string of the molecule is O=C(C=CN1CCN(Cc2ccc(F)c(F)c2)CC1)c1ccccc1[N+](=O)[O-]. The molecule has 1 fully saturated rings. The Morgan fingerprint density at radius 2 is 1.79 bits per heavy atom. The molecule has 0 aromatic heterocycles. The van der Waals surface area contributed by atoms with Crippen molar-refractivity contribution < 1.29 is 18.5 Å². The number of benzene rings is 2. The number of carbonyl (C=O) groups excluding carboxylic acids is 1. The quantitative estimate of drug-likeness (QED) is 0.329. The van der Waals surface area contributed by atoms with Crippen LogP contribution in [0.25, 0.3) is 0 Å². The molecule has 0 saturated carbocycles. The molecule has 3 rings (SSSR count). The lowest BCUT2D eigenvalue weighted by Gasteiger charge is -2.34. The van der Waals surface area contributed by atoms with Crippen molar-refractivity contribution in [2.75, 3.05) is 26.2 Å². The highest BCUT2D eigenvalue weighted by Crippen LogP contribution is 2.19. The van der Waals surface area contributed by atoms with Gasteiger partial charge in [-0.1, -0.05) is 18.2 Å². The molecule has 146 valence electrons. The van der Waals surface area contributed by atoms with Gasteiger partial charge in [0.2, 0.25) is 0 Å². The van der Waals surface area contributed by atoms with Crippen LogP contribution in [-0.2, 0) is 6.54 Å². The van der Waals surface area contributed by atoms with E-state index in [9.17, 15) is 23.7 Å². The van der Waals surface area contributed by atoms with E-state index in [1.807, 2.05) is 4.90 Å². The molecule has 2 aromatic carbocycles. The third-order valence-electron chi connectivity index (χ3n) is 4.60. The van der Waals surface area contributed by atoms with Crippen molar-refractivity contribution in [2.24, 2.45) is 0 Å². The van der Waals surface area contributed by atoms with E-state index in [0.717, 1.165) is 6.07 Å². The molecule has 0 unspecified atom stereocenters. The number of nitrogens with zero attached hydrogens (tertiary/aromatic N) is 3. The van der Waals surface area contributed by atoms with E-state index in [2.05, 4.69) is 4.90 Å². The molecule has 0 amide bonds. The highest BCUT2D eigenvalue weighted by molar-refractivity contribution is 6.07. The van der Waals surface area contributed by atoms with E-state index in [1.54, 1.807) is 18.3 Å². The lowest BCUT2D eigenvalue weighted by molar-refractivity contribution is -0.385. The molecule has 1 aliphatic heterocycles. The summed E-state index contributed by atoms with van der Waals surface area (Å²) in [7, 11) is 0. The zero-order chi connectivity index (χ0) is 20.1. The van der Waals surface area contributed by atoms with Crippen LogP contribution in [-0.4, -0.2) is 46.7 Å². The van der Waals surface area contributed by atoms with Crippen molar-refractivity contribution in [3.05, 3.63) is 87.6 Å². The lowest BCUT2D eigenvalue weighted by atomic mass is 10.1. The Labute approximate surface area is 160 Å². The summed E-state index contributed by atoms with van der Waals surface area (Å²) in [5.74, 6) is -2.13. The molecule has 1 heterocycles. The maximum atomic E-state index is 13.3. The summed E-state index contributed by atoms with van der Waals surface area (Å²) in [5, 5.41) is 11.0. The van der Waals surface area contributed by atoms with Gasteiger partial charge in [0.15, 0.2) is 17.4 Å². The number of hydrogen-bond acceptors (Lipinski definition) is 5. The molecule has 8 heteroatoms.